The summed E-state index contributed by atoms with van der Waals surface area (Å²) in [6, 6.07) is 2.10. The highest BCUT2D eigenvalue weighted by Gasteiger charge is 2.61. The lowest BCUT2D eigenvalue weighted by molar-refractivity contribution is -0.144. The molecule has 0 spiro atoms. The third-order valence-electron chi connectivity index (χ3n) is 9.75. The number of rotatable bonds is 1. The van der Waals surface area contributed by atoms with E-state index in [9.17, 15) is 5.11 Å². The van der Waals surface area contributed by atoms with Gasteiger partial charge in [-0.05, 0) is 99.2 Å². The van der Waals surface area contributed by atoms with Gasteiger partial charge in [0, 0.05) is 12.0 Å². The summed E-state index contributed by atoms with van der Waals surface area (Å²) in [6.45, 7) is 7.19. The first-order chi connectivity index (χ1) is 12.3. The van der Waals surface area contributed by atoms with Crippen LogP contribution < -0.4 is 0 Å². The molecule has 3 nitrogen and oxygen atoms in total. The van der Waals surface area contributed by atoms with Crippen LogP contribution in [0.15, 0.2) is 16.8 Å². The molecule has 0 amide bonds. The minimum atomic E-state index is -0.426. The molecule has 5 rings (SSSR count). The van der Waals surface area contributed by atoms with Gasteiger partial charge in [0.15, 0.2) is 0 Å². The molecule has 0 saturated heterocycles. The molecule has 1 N–H and O–H groups in total. The topological polar surface area (TPSA) is 46.3 Å². The van der Waals surface area contributed by atoms with E-state index in [0.29, 0.717) is 16.7 Å². The summed E-state index contributed by atoms with van der Waals surface area (Å²) in [5.74, 6) is 5.00. The first kappa shape index (κ1) is 17.3. The standard InChI is InChI=1S/C23H35NO2/c1-21(25)11-12-22(2)15(14-21)4-5-16-17-6-7-19(20-9-13-24-26-20)23(17,3)10-8-18(16)22/h9,13,15-19,25H,4-8,10-12,14H2,1-3H3/t15-,16?,17?,18?,19+,21+,22-,23-/m0/s1. The second-order valence-corrected chi connectivity index (χ2v) is 10.9. The molecule has 4 aliphatic rings. The fourth-order valence-corrected chi connectivity index (χ4v) is 8.30. The Bertz CT molecular complexity index is 668. The van der Waals surface area contributed by atoms with Gasteiger partial charge in [0.1, 0.15) is 5.76 Å². The van der Waals surface area contributed by atoms with Crippen LogP contribution in [0.1, 0.15) is 90.2 Å². The molecule has 0 bridgehead atoms. The zero-order chi connectivity index (χ0) is 18.2. The maximum atomic E-state index is 10.6. The molecule has 1 aromatic heterocycles. The summed E-state index contributed by atoms with van der Waals surface area (Å²) < 4.78 is 5.62. The minimum absolute atomic E-state index is 0.393. The zero-order valence-corrected chi connectivity index (χ0v) is 16.7. The van der Waals surface area contributed by atoms with E-state index in [1.54, 1.807) is 0 Å². The van der Waals surface area contributed by atoms with E-state index in [1.807, 2.05) is 6.20 Å². The van der Waals surface area contributed by atoms with Crippen molar-refractivity contribution in [3.8, 4) is 0 Å². The van der Waals surface area contributed by atoms with Gasteiger partial charge in [0.05, 0.1) is 11.8 Å². The summed E-state index contributed by atoms with van der Waals surface area (Å²) in [6.07, 6.45) is 13.1. The molecular formula is C23H35NO2. The second kappa shape index (κ2) is 5.59. The van der Waals surface area contributed by atoms with Crippen LogP contribution in [0, 0.1) is 34.5 Å². The maximum absolute atomic E-state index is 10.6. The maximum Gasteiger partial charge on any atom is 0.140 e. The number of nitrogens with zero attached hydrogens (tertiary/aromatic N) is 1. The van der Waals surface area contributed by atoms with Crippen molar-refractivity contribution in [3.63, 3.8) is 0 Å². The fourth-order valence-electron chi connectivity index (χ4n) is 8.30. The molecule has 4 saturated carbocycles. The van der Waals surface area contributed by atoms with E-state index in [4.69, 9.17) is 4.52 Å². The lowest BCUT2D eigenvalue weighted by Crippen LogP contribution is -2.55. The van der Waals surface area contributed by atoms with Gasteiger partial charge in [-0.3, -0.25) is 0 Å². The van der Waals surface area contributed by atoms with E-state index in [2.05, 4.69) is 32.0 Å². The van der Waals surface area contributed by atoms with Crippen LogP contribution in [0.5, 0.6) is 0 Å². The van der Waals surface area contributed by atoms with Gasteiger partial charge in [-0.15, -0.1) is 0 Å². The quantitative estimate of drug-likeness (QED) is 0.716. The van der Waals surface area contributed by atoms with E-state index >= 15 is 0 Å². The molecule has 0 radical (unpaired) electrons. The van der Waals surface area contributed by atoms with E-state index in [0.717, 1.165) is 42.3 Å². The Morgan fingerprint density at radius 1 is 0.962 bits per heavy atom. The molecule has 4 aliphatic carbocycles. The van der Waals surface area contributed by atoms with Gasteiger partial charge in [-0.25, -0.2) is 0 Å². The number of fused-ring (bicyclic) bond motifs is 5. The minimum Gasteiger partial charge on any atom is -0.390 e. The Morgan fingerprint density at radius 2 is 1.77 bits per heavy atom. The van der Waals surface area contributed by atoms with Crippen molar-refractivity contribution in [2.75, 3.05) is 0 Å². The highest BCUT2D eigenvalue weighted by Crippen LogP contribution is 2.69. The Kier molecular flexibility index (Phi) is 3.72. The number of hydrogen-bond acceptors (Lipinski definition) is 3. The van der Waals surface area contributed by atoms with Crippen LogP contribution in [0.2, 0.25) is 0 Å². The summed E-state index contributed by atoms with van der Waals surface area (Å²) >= 11 is 0. The van der Waals surface area contributed by atoms with Crippen molar-refractivity contribution in [1.82, 2.24) is 5.16 Å². The van der Waals surface area contributed by atoms with Gasteiger partial charge >= 0.3 is 0 Å². The number of hydrogen-bond donors (Lipinski definition) is 1. The molecular weight excluding hydrogens is 322 g/mol. The number of aliphatic hydroxyl groups is 1. The Hall–Kier alpha value is -0.830. The second-order valence-electron chi connectivity index (χ2n) is 10.9. The van der Waals surface area contributed by atoms with Gasteiger partial charge in [0.2, 0.25) is 0 Å². The predicted molar refractivity (Wildman–Crippen MR) is 102 cm³/mol. The van der Waals surface area contributed by atoms with Gasteiger partial charge in [-0.2, -0.15) is 0 Å². The Labute approximate surface area is 157 Å². The molecule has 1 heterocycles. The van der Waals surface area contributed by atoms with Crippen LogP contribution in [-0.4, -0.2) is 15.9 Å². The molecule has 0 aliphatic heterocycles. The molecule has 8 atom stereocenters. The molecule has 0 aromatic carbocycles. The van der Waals surface area contributed by atoms with Crippen molar-refractivity contribution < 1.29 is 9.63 Å². The lowest BCUT2D eigenvalue weighted by Gasteiger charge is -2.61. The summed E-state index contributed by atoms with van der Waals surface area (Å²) in [5, 5.41) is 14.6. The van der Waals surface area contributed by atoms with Crippen molar-refractivity contribution in [2.45, 2.75) is 90.1 Å². The van der Waals surface area contributed by atoms with Crippen molar-refractivity contribution in [1.29, 1.82) is 0 Å². The average molecular weight is 358 g/mol. The van der Waals surface area contributed by atoms with Crippen molar-refractivity contribution >= 4 is 0 Å². The lowest BCUT2D eigenvalue weighted by atomic mass is 9.44. The first-order valence-electron chi connectivity index (χ1n) is 11.0. The molecule has 3 heteroatoms. The van der Waals surface area contributed by atoms with Crippen LogP contribution in [0.25, 0.3) is 0 Å². The normalized spacial score (nSPS) is 53.6. The van der Waals surface area contributed by atoms with Gasteiger partial charge < -0.3 is 9.63 Å². The predicted octanol–water partition coefficient (Wildman–Crippen LogP) is 5.55. The first-order valence-corrected chi connectivity index (χ1v) is 11.0. The Morgan fingerprint density at radius 3 is 2.54 bits per heavy atom. The summed E-state index contributed by atoms with van der Waals surface area (Å²) in [7, 11) is 0. The van der Waals surface area contributed by atoms with Gasteiger partial charge in [0.25, 0.3) is 0 Å². The number of aromatic nitrogens is 1. The monoisotopic (exact) mass is 357 g/mol. The SMILES string of the molecule is C[C@@]1(O)CC[C@]2(C)C3CC[C@@]4(C)C(CC[C@@H]4c4ccno4)C3CC[C@H]2C1. The van der Waals surface area contributed by atoms with Crippen LogP contribution in [-0.2, 0) is 0 Å². The third-order valence-corrected chi connectivity index (χ3v) is 9.75. The highest BCUT2D eigenvalue weighted by molar-refractivity contribution is 5.17. The largest absolute Gasteiger partial charge is 0.390 e. The van der Waals surface area contributed by atoms with Crippen LogP contribution >= 0.6 is 0 Å². The molecule has 4 fully saturated rings. The molecule has 1 aromatic rings. The zero-order valence-electron chi connectivity index (χ0n) is 16.7. The smallest absolute Gasteiger partial charge is 0.140 e. The highest BCUT2D eigenvalue weighted by atomic mass is 16.5. The average Bonchev–Trinajstić information content (AvgIpc) is 3.22. The fraction of sp³-hybridized carbons (Fsp3) is 0.870. The molecule has 26 heavy (non-hydrogen) atoms. The Balaban J connectivity index is 1.43. The van der Waals surface area contributed by atoms with E-state index in [1.165, 1.54) is 44.9 Å². The van der Waals surface area contributed by atoms with Crippen molar-refractivity contribution in [3.05, 3.63) is 18.0 Å². The third kappa shape index (κ3) is 2.31. The molecule has 3 unspecified atom stereocenters. The summed E-state index contributed by atoms with van der Waals surface area (Å²) in [5.41, 5.74) is 0.422. The van der Waals surface area contributed by atoms with Crippen molar-refractivity contribution in [2.24, 2.45) is 34.5 Å². The molecule has 144 valence electrons. The summed E-state index contributed by atoms with van der Waals surface area (Å²) in [4.78, 5) is 0. The van der Waals surface area contributed by atoms with Gasteiger partial charge in [-0.1, -0.05) is 19.0 Å². The van der Waals surface area contributed by atoms with Crippen LogP contribution in [0.4, 0.5) is 0 Å². The van der Waals surface area contributed by atoms with E-state index in [-0.39, 0.29) is 0 Å². The van der Waals surface area contributed by atoms with E-state index < -0.39 is 5.60 Å². The van der Waals surface area contributed by atoms with Crippen LogP contribution in [0.3, 0.4) is 0 Å².